The van der Waals surface area contributed by atoms with E-state index in [9.17, 15) is 0 Å². The molecule has 0 bridgehead atoms. The summed E-state index contributed by atoms with van der Waals surface area (Å²) in [7, 11) is 0. The Labute approximate surface area is 119 Å². The number of rotatable bonds is 2. The number of nitrogens with zero attached hydrogens (tertiary/aromatic N) is 1. The van der Waals surface area contributed by atoms with Crippen LogP contribution in [0.4, 0.5) is 11.4 Å². The molecule has 2 aromatic carbocycles. The first-order valence-corrected chi connectivity index (χ1v) is 6.89. The Morgan fingerprint density at radius 1 is 1.15 bits per heavy atom. The molecule has 0 fully saturated rings. The highest BCUT2D eigenvalue weighted by atomic mass is 14.9. The minimum atomic E-state index is 0.428. The number of nitriles is 1. The van der Waals surface area contributed by atoms with E-state index < -0.39 is 0 Å². The van der Waals surface area contributed by atoms with E-state index in [0.717, 1.165) is 24.9 Å². The number of nitrogens with two attached hydrogens (primary N) is 1. The average molecular weight is 263 g/mol. The van der Waals surface area contributed by atoms with Crippen molar-refractivity contribution in [2.45, 2.75) is 25.3 Å². The number of aryl methyl sites for hydroxylation is 1. The summed E-state index contributed by atoms with van der Waals surface area (Å²) in [6.07, 6.45) is 3.27. The minimum Gasteiger partial charge on any atom is -0.398 e. The number of benzene rings is 2. The summed E-state index contributed by atoms with van der Waals surface area (Å²) >= 11 is 0. The second-order valence-electron chi connectivity index (χ2n) is 5.27. The van der Waals surface area contributed by atoms with Gasteiger partial charge in [-0.15, -0.1) is 0 Å². The molecule has 0 saturated carbocycles. The second kappa shape index (κ2) is 5.26. The van der Waals surface area contributed by atoms with Crippen LogP contribution in [0.3, 0.4) is 0 Å². The first kappa shape index (κ1) is 12.6. The minimum absolute atomic E-state index is 0.428. The molecule has 0 radical (unpaired) electrons. The number of nitrogens with one attached hydrogen (secondary N) is 1. The Morgan fingerprint density at radius 2 is 1.95 bits per heavy atom. The van der Waals surface area contributed by atoms with Gasteiger partial charge < -0.3 is 11.1 Å². The first-order chi connectivity index (χ1) is 9.76. The fourth-order valence-corrected chi connectivity index (χ4v) is 2.81. The molecule has 1 aliphatic rings. The molecular formula is C17H17N3. The lowest BCUT2D eigenvalue weighted by atomic mass is 9.88. The van der Waals surface area contributed by atoms with Crippen molar-refractivity contribution in [1.82, 2.24) is 0 Å². The highest BCUT2D eigenvalue weighted by Crippen LogP contribution is 2.25. The molecule has 1 atom stereocenters. The van der Waals surface area contributed by atoms with Gasteiger partial charge in [0.05, 0.1) is 11.3 Å². The molecule has 0 spiro atoms. The van der Waals surface area contributed by atoms with Crippen molar-refractivity contribution < 1.29 is 0 Å². The zero-order chi connectivity index (χ0) is 13.9. The molecule has 20 heavy (non-hydrogen) atoms. The van der Waals surface area contributed by atoms with Gasteiger partial charge in [0.25, 0.3) is 0 Å². The third-order valence-electron chi connectivity index (χ3n) is 3.89. The summed E-state index contributed by atoms with van der Waals surface area (Å²) < 4.78 is 0. The van der Waals surface area contributed by atoms with Crippen LogP contribution in [0.1, 0.15) is 23.1 Å². The van der Waals surface area contributed by atoms with E-state index in [1.54, 1.807) is 6.07 Å². The van der Waals surface area contributed by atoms with Crippen molar-refractivity contribution in [1.29, 1.82) is 5.26 Å². The Bertz CT molecular complexity index is 670. The van der Waals surface area contributed by atoms with E-state index in [1.165, 1.54) is 11.1 Å². The van der Waals surface area contributed by atoms with Crippen LogP contribution in [0.5, 0.6) is 0 Å². The van der Waals surface area contributed by atoms with Gasteiger partial charge in [0.15, 0.2) is 0 Å². The van der Waals surface area contributed by atoms with Crippen molar-refractivity contribution in [3.63, 3.8) is 0 Å². The topological polar surface area (TPSA) is 61.8 Å². The van der Waals surface area contributed by atoms with Crippen LogP contribution in [0.25, 0.3) is 0 Å². The number of hydrogen-bond donors (Lipinski definition) is 2. The molecule has 1 aliphatic carbocycles. The molecule has 3 rings (SSSR count). The van der Waals surface area contributed by atoms with E-state index in [2.05, 4.69) is 35.7 Å². The first-order valence-electron chi connectivity index (χ1n) is 6.89. The summed E-state index contributed by atoms with van der Waals surface area (Å²) in [6.45, 7) is 0. The van der Waals surface area contributed by atoms with Crippen LogP contribution >= 0.6 is 0 Å². The van der Waals surface area contributed by atoms with Crippen LogP contribution in [0.2, 0.25) is 0 Å². The Hall–Kier alpha value is -2.47. The molecule has 0 aromatic heterocycles. The van der Waals surface area contributed by atoms with Gasteiger partial charge in [0, 0.05) is 11.7 Å². The van der Waals surface area contributed by atoms with Gasteiger partial charge in [-0.05, 0) is 48.6 Å². The number of nitrogen functional groups attached to an aromatic ring is 1. The van der Waals surface area contributed by atoms with E-state index in [1.807, 2.05) is 12.1 Å². The van der Waals surface area contributed by atoms with E-state index in [-0.39, 0.29) is 0 Å². The predicted molar refractivity (Wildman–Crippen MR) is 81.4 cm³/mol. The fraction of sp³-hybridized carbons (Fsp3) is 0.235. The predicted octanol–water partition coefficient (Wildman–Crippen LogP) is 3.11. The lowest BCUT2D eigenvalue weighted by Gasteiger charge is -2.26. The summed E-state index contributed by atoms with van der Waals surface area (Å²) in [5.74, 6) is 0. The fourth-order valence-electron chi connectivity index (χ4n) is 2.81. The smallest absolute Gasteiger partial charge is 0.101 e. The lowest BCUT2D eigenvalue weighted by Crippen LogP contribution is -2.27. The Kier molecular flexibility index (Phi) is 3.30. The largest absolute Gasteiger partial charge is 0.398 e. The summed E-state index contributed by atoms with van der Waals surface area (Å²) in [6, 6.07) is 16.7. The third-order valence-corrected chi connectivity index (χ3v) is 3.89. The molecule has 0 aliphatic heterocycles. The van der Waals surface area contributed by atoms with Crippen LogP contribution in [-0.2, 0) is 12.8 Å². The highest BCUT2D eigenvalue weighted by molar-refractivity contribution is 5.63. The molecule has 3 N–H and O–H groups in total. The van der Waals surface area contributed by atoms with Gasteiger partial charge >= 0.3 is 0 Å². The Balaban J connectivity index is 1.74. The highest BCUT2D eigenvalue weighted by Gasteiger charge is 2.18. The summed E-state index contributed by atoms with van der Waals surface area (Å²) in [4.78, 5) is 0. The maximum atomic E-state index is 8.89. The average Bonchev–Trinajstić information content (AvgIpc) is 2.47. The van der Waals surface area contributed by atoms with Crippen molar-refractivity contribution in [2.75, 3.05) is 11.1 Å². The van der Waals surface area contributed by atoms with Gasteiger partial charge in [-0.25, -0.2) is 0 Å². The van der Waals surface area contributed by atoms with Crippen molar-refractivity contribution in [2.24, 2.45) is 0 Å². The maximum Gasteiger partial charge on any atom is 0.101 e. The molecule has 3 heteroatoms. The number of anilines is 2. The maximum absolute atomic E-state index is 8.89. The zero-order valence-corrected chi connectivity index (χ0v) is 11.3. The molecular weight excluding hydrogens is 246 g/mol. The van der Waals surface area contributed by atoms with Crippen LogP contribution < -0.4 is 11.1 Å². The van der Waals surface area contributed by atoms with Crippen molar-refractivity contribution >= 4 is 11.4 Å². The van der Waals surface area contributed by atoms with Gasteiger partial charge in [0.2, 0.25) is 0 Å². The summed E-state index contributed by atoms with van der Waals surface area (Å²) in [5.41, 5.74) is 10.8. The van der Waals surface area contributed by atoms with E-state index >= 15 is 0 Å². The quantitative estimate of drug-likeness (QED) is 0.818. The molecule has 0 amide bonds. The molecule has 1 unspecified atom stereocenters. The molecule has 3 nitrogen and oxygen atoms in total. The monoisotopic (exact) mass is 263 g/mol. The number of fused-ring (bicyclic) bond motifs is 1. The zero-order valence-electron chi connectivity index (χ0n) is 11.3. The van der Waals surface area contributed by atoms with Crippen molar-refractivity contribution in [3.8, 4) is 6.07 Å². The lowest BCUT2D eigenvalue weighted by molar-refractivity contribution is 0.611. The number of hydrogen-bond acceptors (Lipinski definition) is 3. The van der Waals surface area contributed by atoms with Gasteiger partial charge in [-0.1, -0.05) is 24.3 Å². The Morgan fingerprint density at radius 3 is 2.70 bits per heavy atom. The van der Waals surface area contributed by atoms with E-state index in [0.29, 0.717) is 17.3 Å². The standard InChI is InChI=1S/C17H17N3/c18-11-14-6-8-16(10-17(14)19)20-15-7-5-12-3-1-2-4-13(12)9-15/h1-4,6,8,10,15,20H,5,7,9,19H2. The summed E-state index contributed by atoms with van der Waals surface area (Å²) in [5, 5.41) is 12.4. The van der Waals surface area contributed by atoms with Crippen molar-refractivity contribution in [3.05, 3.63) is 59.2 Å². The molecule has 100 valence electrons. The molecule has 0 heterocycles. The molecule has 0 saturated heterocycles. The third kappa shape index (κ3) is 2.46. The van der Waals surface area contributed by atoms with Gasteiger partial charge in [0.1, 0.15) is 6.07 Å². The normalized spacial score (nSPS) is 17.1. The molecule has 2 aromatic rings. The van der Waals surface area contributed by atoms with Crippen LogP contribution in [0, 0.1) is 11.3 Å². The van der Waals surface area contributed by atoms with Crippen LogP contribution in [-0.4, -0.2) is 6.04 Å². The second-order valence-corrected chi connectivity index (χ2v) is 5.27. The van der Waals surface area contributed by atoms with Crippen LogP contribution in [0.15, 0.2) is 42.5 Å². The van der Waals surface area contributed by atoms with E-state index in [4.69, 9.17) is 11.0 Å². The SMILES string of the molecule is N#Cc1ccc(NC2CCc3ccccc3C2)cc1N. The van der Waals surface area contributed by atoms with Gasteiger partial charge in [-0.3, -0.25) is 0 Å². The van der Waals surface area contributed by atoms with Gasteiger partial charge in [-0.2, -0.15) is 5.26 Å².